The predicted molar refractivity (Wildman–Crippen MR) is 108 cm³/mol. The van der Waals surface area contributed by atoms with E-state index < -0.39 is 0 Å². The third-order valence-corrected chi connectivity index (χ3v) is 5.15. The van der Waals surface area contributed by atoms with Gasteiger partial charge >= 0.3 is 0 Å². The van der Waals surface area contributed by atoms with Crippen molar-refractivity contribution >= 4 is 5.91 Å². The highest BCUT2D eigenvalue weighted by molar-refractivity contribution is 5.76. The minimum Gasteiger partial charge on any atom is -0.493 e. The van der Waals surface area contributed by atoms with Crippen molar-refractivity contribution in [2.75, 3.05) is 32.8 Å². The van der Waals surface area contributed by atoms with Crippen LogP contribution in [0.3, 0.4) is 0 Å². The van der Waals surface area contributed by atoms with Crippen LogP contribution in [0.2, 0.25) is 0 Å². The number of carbonyl (C=O) groups is 1. The number of benzene rings is 1. The van der Waals surface area contributed by atoms with E-state index in [0.29, 0.717) is 17.9 Å². The number of hydrogen-bond donors (Lipinski definition) is 0. The molecule has 1 unspecified atom stereocenters. The lowest BCUT2D eigenvalue weighted by Gasteiger charge is -2.32. The Labute approximate surface area is 159 Å². The summed E-state index contributed by atoms with van der Waals surface area (Å²) in [5.41, 5.74) is 1.34. The predicted octanol–water partition coefficient (Wildman–Crippen LogP) is 3.99. The first kappa shape index (κ1) is 20.8. The summed E-state index contributed by atoms with van der Waals surface area (Å²) in [5.74, 6) is 1.82. The molecule has 0 bridgehead atoms. The summed E-state index contributed by atoms with van der Waals surface area (Å²) in [5, 5.41) is 0. The first-order valence-electron chi connectivity index (χ1n) is 10.2. The lowest BCUT2D eigenvalue weighted by molar-refractivity contribution is -0.133. The van der Waals surface area contributed by atoms with Gasteiger partial charge < -0.3 is 9.64 Å². The molecule has 0 N–H and O–H groups in total. The first-order chi connectivity index (χ1) is 12.5. The van der Waals surface area contributed by atoms with Gasteiger partial charge in [0.1, 0.15) is 5.75 Å². The first-order valence-corrected chi connectivity index (χ1v) is 10.2. The minimum absolute atomic E-state index is 0.331. The average Bonchev–Trinajstić information content (AvgIpc) is 2.63. The van der Waals surface area contributed by atoms with Crippen molar-refractivity contribution in [2.24, 2.45) is 5.92 Å². The number of hydrogen-bond acceptors (Lipinski definition) is 3. The van der Waals surface area contributed by atoms with E-state index in [0.717, 1.165) is 64.2 Å². The minimum atomic E-state index is 0.331. The zero-order chi connectivity index (χ0) is 18.9. The molecular weight excluding hydrogens is 324 g/mol. The molecule has 26 heavy (non-hydrogen) atoms. The van der Waals surface area contributed by atoms with Gasteiger partial charge in [0.2, 0.25) is 5.91 Å². The van der Waals surface area contributed by atoms with Crippen molar-refractivity contribution in [3.05, 3.63) is 29.8 Å². The molecule has 2 rings (SSSR count). The molecule has 146 valence electrons. The van der Waals surface area contributed by atoms with Gasteiger partial charge in [-0.15, -0.1) is 0 Å². The quantitative estimate of drug-likeness (QED) is 0.632. The van der Waals surface area contributed by atoms with Gasteiger partial charge in [0.15, 0.2) is 0 Å². The molecule has 1 aliphatic rings. The Morgan fingerprint density at radius 3 is 2.50 bits per heavy atom. The third kappa shape index (κ3) is 6.64. The summed E-state index contributed by atoms with van der Waals surface area (Å²) >= 11 is 0. The van der Waals surface area contributed by atoms with E-state index in [1.165, 1.54) is 5.56 Å². The molecule has 1 aromatic carbocycles. The fourth-order valence-corrected chi connectivity index (χ4v) is 3.49. The average molecular weight is 361 g/mol. The van der Waals surface area contributed by atoms with Gasteiger partial charge in [-0.2, -0.15) is 0 Å². The Bertz CT molecular complexity index is 542. The zero-order valence-electron chi connectivity index (χ0n) is 17.0. The Morgan fingerprint density at radius 1 is 1.15 bits per heavy atom. The number of likely N-dealkylation sites (N-methyl/N-ethyl adjacent to an activating group) is 1. The number of ether oxygens (including phenoxy) is 1. The van der Waals surface area contributed by atoms with Crippen LogP contribution in [-0.4, -0.2) is 54.5 Å². The summed E-state index contributed by atoms with van der Waals surface area (Å²) in [4.78, 5) is 16.5. The summed E-state index contributed by atoms with van der Waals surface area (Å²) in [6.45, 7) is 13.3. The molecule has 0 aromatic heterocycles. The zero-order valence-corrected chi connectivity index (χ0v) is 17.0. The highest BCUT2D eigenvalue weighted by Crippen LogP contribution is 2.16. The van der Waals surface area contributed by atoms with E-state index >= 15 is 0 Å². The second kappa shape index (κ2) is 10.6. The molecule has 1 atom stereocenters. The van der Waals surface area contributed by atoms with Crippen LogP contribution in [0.15, 0.2) is 24.3 Å². The van der Waals surface area contributed by atoms with Crippen LogP contribution in [0, 0.1) is 5.92 Å². The number of likely N-dealkylation sites (tertiary alicyclic amines) is 1. The van der Waals surface area contributed by atoms with Gasteiger partial charge in [-0.05, 0) is 56.3 Å². The maximum atomic E-state index is 12.0. The van der Waals surface area contributed by atoms with Crippen LogP contribution in [0.1, 0.15) is 52.5 Å². The van der Waals surface area contributed by atoms with Crippen LogP contribution in [0.5, 0.6) is 5.75 Å². The maximum Gasteiger partial charge on any atom is 0.222 e. The van der Waals surface area contributed by atoms with E-state index in [4.69, 9.17) is 4.74 Å². The van der Waals surface area contributed by atoms with Crippen LogP contribution in [0.4, 0.5) is 0 Å². The van der Waals surface area contributed by atoms with Crippen LogP contribution >= 0.6 is 0 Å². The fraction of sp³-hybridized carbons (Fsp3) is 0.682. The Kier molecular flexibility index (Phi) is 8.43. The maximum absolute atomic E-state index is 12.0. The normalized spacial score (nSPS) is 16.4. The Morgan fingerprint density at radius 2 is 1.88 bits per heavy atom. The van der Waals surface area contributed by atoms with E-state index in [9.17, 15) is 4.79 Å². The number of nitrogens with zero attached hydrogens (tertiary/aromatic N) is 2. The molecule has 1 saturated heterocycles. The largest absolute Gasteiger partial charge is 0.493 e. The lowest BCUT2D eigenvalue weighted by Crippen LogP contribution is -2.44. The second-order valence-electron chi connectivity index (χ2n) is 7.87. The molecule has 0 aliphatic carbocycles. The molecule has 1 amide bonds. The molecule has 0 saturated carbocycles. The smallest absolute Gasteiger partial charge is 0.222 e. The standard InChI is InChI=1S/C22H36N2O2/c1-5-23(14-15-24-13-7-6-8-22(24)25)19(4)16-20-9-11-21(12-10-20)26-17-18(2)3/h9-12,18-19H,5-8,13-17H2,1-4H3. The highest BCUT2D eigenvalue weighted by Gasteiger charge is 2.20. The van der Waals surface area contributed by atoms with Crippen LogP contribution in [0.25, 0.3) is 0 Å². The molecule has 1 aliphatic heterocycles. The summed E-state index contributed by atoms with van der Waals surface area (Å²) in [7, 11) is 0. The SMILES string of the molecule is CCN(CCN1CCCCC1=O)C(C)Cc1ccc(OCC(C)C)cc1. The van der Waals surface area contributed by atoms with Crippen molar-refractivity contribution in [1.82, 2.24) is 9.80 Å². The second-order valence-corrected chi connectivity index (χ2v) is 7.87. The molecule has 4 nitrogen and oxygen atoms in total. The van der Waals surface area contributed by atoms with Crippen molar-refractivity contribution in [3.8, 4) is 5.75 Å². The van der Waals surface area contributed by atoms with Crippen molar-refractivity contribution < 1.29 is 9.53 Å². The Balaban J connectivity index is 1.81. The van der Waals surface area contributed by atoms with E-state index in [2.05, 4.69) is 56.9 Å². The van der Waals surface area contributed by atoms with Gasteiger partial charge in [0.25, 0.3) is 0 Å². The van der Waals surface area contributed by atoms with Crippen molar-refractivity contribution in [2.45, 2.75) is 59.4 Å². The van der Waals surface area contributed by atoms with Gasteiger partial charge in [-0.25, -0.2) is 0 Å². The molecular formula is C22H36N2O2. The molecule has 1 heterocycles. The molecule has 1 fully saturated rings. The van der Waals surface area contributed by atoms with Gasteiger partial charge in [0.05, 0.1) is 6.61 Å². The van der Waals surface area contributed by atoms with Crippen molar-refractivity contribution in [1.29, 1.82) is 0 Å². The summed E-state index contributed by atoms with van der Waals surface area (Å²) < 4.78 is 5.76. The van der Waals surface area contributed by atoms with Gasteiger partial charge in [0, 0.05) is 32.1 Å². The monoisotopic (exact) mass is 360 g/mol. The van der Waals surface area contributed by atoms with Crippen molar-refractivity contribution in [3.63, 3.8) is 0 Å². The fourth-order valence-electron chi connectivity index (χ4n) is 3.49. The summed E-state index contributed by atoms with van der Waals surface area (Å²) in [6, 6.07) is 8.96. The molecule has 1 aromatic rings. The van der Waals surface area contributed by atoms with Gasteiger partial charge in [-0.1, -0.05) is 32.9 Å². The third-order valence-electron chi connectivity index (χ3n) is 5.15. The summed E-state index contributed by atoms with van der Waals surface area (Å²) in [6.07, 6.45) is 3.96. The van der Waals surface area contributed by atoms with Crippen LogP contribution < -0.4 is 4.74 Å². The Hall–Kier alpha value is -1.55. The lowest BCUT2D eigenvalue weighted by atomic mass is 10.1. The number of carbonyl (C=O) groups excluding carboxylic acids is 1. The highest BCUT2D eigenvalue weighted by atomic mass is 16.5. The number of piperidine rings is 1. The van der Waals surface area contributed by atoms with E-state index in [-0.39, 0.29) is 0 Å². The van der Waals surface area contributed by atoms with E-state index in [1.54, 1.807) is 0 Å². The number of rotatable bonds is 10. The molecule has 0 spiro atoms. The van der Waals surface area contributed by atoms with Crippen LogP contribution in [-0.2, 0) is 11.2 Å². The van der Waals surface area contributed by atoms with Gasteiger partial charge in [-0.3, -0.25) is 9.69 Å². The molecule has 0 radical (unpaired) electrons. The number of amides is 1. The molecule has 4 heteroatoms. The topological polar surface area (TPSA) is 32.8 Å². The van der Waals surface area contributed by atoms with E-state index in [1.807, 2.05) is 4.90 Å².